The third-order valence-corrected chi connectivity index (χ3v) is 1.59. The minimum absolute atomic E-state index is 0.0510. The fraction of sp³-hybridized carbons (Fsp3) is 0.625. The molecule has 0 rings (SSSR count). The Kier molecular flexibility index (Phi) is 6.65. The van der Waals surface area contributed by atoms with Crippen LogP contribution >= 0.6 is 12.2 Å². The molecule has 0 aliphatic carbocycles. The predicted molar refractivity (Wildman–Crippen MR) is 57.7 cm³/mol. The summed E-state index contributed by atoms with van der Waals surface area (Å²) in [7, 11) is 0. The highest BCUT2D eigenvalue weighted by Gasteiger charge is 2.11. The Hall–Kier alpha value is -1.17. The molecule has 6 heteroatoms. The average molecular weight is 217 g/mol. The summed E-state index contributed by atoms with van der Waals surface area (Å²) in [4.78, 5) is 22.2. The van der Waals surface area contributed by atoms with Gasteiger partial charge in [0.25, 0.3) is 0 Å². The van der Waals surface area contributed by atoms with Crippen LogP contribution in [0.25, 0.3) is 0 Å². The van der Waals surface area contributed by atoms with Crippen LogP contribution in [-0.2, 0) is 9.59 Å². The zero-order valence-corrected chi connectivity index (χ0v) is 8.95. The van der Waals surface area contributed by atoms with E-state index < -0.39 is 11.8 Å². The van der Waals surface area contributed by atoms with Gasteiger partial charge in [-0.1, -0.05) is 25.6 Å². The van der Waals surface area contributed by atoms with E-state index in [0.717, 1.165) is 12.8 Å². The van der Waals surface area contributed by atoms with Gasteiger partial charge in [0.15, 0.2) is 0 Å². The van der Waals surface area contributed by atoms with Crippen LogP contribution in [0.5, 0.6) is 0 Å². The summed E-state index contributed by atoms with van der Waals surface area (Å²) in [5, 5.41) is 4.76. The molecule has 0 aromatic carbocycles. The number of hydrogen-bond acceptors (Lipinski definition) is 3. The number of carbonyl (C=O) groups is 2. The molecule has 2 amide bonds. The molecule has 0 spiro atoms. The van der Waals surface area contributed by atoms with Crippen molar-refractivity contribution in [2.24, 2.45) is 5.73 Å². The first-order valence-corrected chi connectivity index (χ1v) is 4.83. The largest absolute Gasteiger partial charge is 0.392 e. The molecule has 0 saturated heterocycles. The molecular weight excluding hydrogens is 202 g/mol. The van der Waals surface area contributed by atoms with Gasteiger partial charge in [0.1, 0.15) is 0 Å². The Balaban J connectivity index is 3.65. The summed E-state index contributed by atoms with van der Waals surface area (Å²) in [5.41, 5.74) is 5.15. The zero-order chi connectivity index (χ0) is 11.0. The molecular formula is C8H15N3O2S. The van der Waals surface area contributed by atoms with Crippen LogP contribution in [0.2, 0.25) is 0 Å². The van der Waals surface area contributed by atoms with Crippen LogP contribution in [0.3, 0.4) is 0 Å². The van der Waals surface area contributed by atoms with Crippen molar-refractivity contribution in [1.29, 1.82) is 0 Å². The number of hydrogen-bond donors (Lipinski definition) is 3. The van der Waals surface area contributed by atoms with Gasteiger partial charge < -0.3 is 16.4 Å². The molecule has 0 bridgehead atoms. The Morgan fingerprint density at radius 2 is 1.86 bits per heavy atom. The van der Waals surface area contributed by atoms with Crippen LogP contribution in [-0.4, -0.2) is 29.9 Å². The summed E-state index contributed by atoms with van der Waals surface area (Å²) in [5.74, 6) is -1.34. The number of amides is 2. The number of nitrogens with one attached hydrogen (secondary N) is 2. The van der Waals surface area contributed by atoms with Crippen molar-refractivity contribution >= 4 is 29.0 Å². The summed E-state index contributed by atoms with van der Waals surface area (Å²) < 4.78 is 0. The summed E-state index contributed by atoms with van der Waals surface area (Å²) in [6.07, 6.45) is 1.82. The molecule has 0 aromatic rings. The highest BCUT2D eigenvalue weighted by molar-refractivity contribution is 7.80. The first-order valence-electron chi connectivity index (χ1n) is 4.42. The number of nitrogens with two attached hydrogens (primary N) is 1. The van der Waals surface area contributed by atoms with Crippen molar-refractivity contribution in [2.75, 3.05) is 13.1 Å². The Morgan fingerprint density at radius 3 is 2.36 bits per heavy atom. The molecule has 14 heavy (non-hydrogen) atoms. The van der Waals surface area contributed by atoms with Crippen molar-refractivity contribution in [3.05, 3.63) is 0 Å². The van der Waals surface area contributed by atoms with E-state index in [2.05, 4.69) is 22.9 Å². The van der Waals surface area contributed by atoms with E-state index in [4.69, 9.17) is 5.73 Å². The molecule has 0 aliphatic heterocycles. The predicted octanol–water partition coefficient (Wildman–Crippen LogP) is -0.695. The van der Waals surface area contributed by atoms with Crippen molar-refractivity contribution in [1.82, 2.24) is 10.6 Å². The van der Waals surface area contributed by atoms with E-state index in [9.17, 15) is 9.59 Å². The van der Waals surface area contributed by atoms with E-state index in [1.165, 1.54) is 0 Å². The lowest BCUT2D eigenvalue weighted by Gasteiger charge is -2.04. The fourth-order valence-corrected chi connectivity index (χ4v) is 0.779. The van der Waals surface area contributed by atoms with Gasteiger partial charge in [-0.25, -0.2) is 0 Å². The maximum Gasteiger partial charge on any atom is 0.309 e. The molecule has 0 unspecified atom stereocenters. The molecule has 0 atom stereocenters. The Labute approximate surface area is 88.4 Å². The van der Waals surface area contributed by atoms with Gasteiger partial charge in [0.2, 0.25) is 0 Å². The number of thiocarbonyl (C=S) groups is 1. The van der Waals surface area contributed by atoms with Gasteiger partial charge in [-0.05, 0) is 6.42 Å². The molecule has 0 aromatic heterocycles. The smallest absolute Gasteiger partial charge is 0.309 e. The molecule has 0 fully saturated rings. The lowest BCUT2D eigenvalue weighted by atomic mass is 10.3. The standard InChI is InChI=1S/C8H15N3O2S/c1-2-3-4-10-7(12)8(13)11-5-6(9)14/h2-5H2,1H3,(H2,9,14)(H,10,12)(H,11,13). The molecule has 4 N–H and O–H groups in total. The van der Waals surface area contributed by atoms with E-state index >= 15 is 0 Å². The SMILES string of the molecule is CCCCNC(=O)C(=O)NCC(N)=S. The van der Waals surface area contributed by atoms with Gasteiger partial charge in [-0.3, -0.25) is 9.59 Å². The summed E-state index contributed by atoms with van der Waals surface area (Å²) >= 11 is 4.54. The van der Waals surface area contributed by atoms with Crippen molar-refractivity contribution in [3.8, 4) is 0 Å². The van der Waals surface area contributed by atoms with Crippen LogP contribution in [0.1, 0.15) is 19.8 Å². The minimum atomic E-state index is -0.700. The lowest BCUT2D eigenvalue weighted by Crippen LogP contribution is -2.42. The quantitative estimate of drug-likeness (QED) is 0.323. The number of carbonyl (C=O) groups excluding carboxylic acids is 2. The molecule has 0 heterocycles. The van der Waals surface area contributed by atoms with Crippen molar-refractivity contribution < 1.29 is 9.59 Å². The Bertz CT molecular complexity index is 231. The highest BCUT2D eigenvalue weighted by atomic mass is 32.1. The third kappa shape index (κ3) is 6.36. The van der Waals surface area contributed by atoms with Gasteiger partial charge in [-0.15, -0.1) is 0 Å². The van der Waals surface area contributed by atoms with Gasteiger partial charge in [0, 0.05) is 6.54 Å². The maximum absolute atomic E-state index is 11.0. The first-order chi connectivity index (χ1) is 6.57. The van der Waals surface area contributed by atoms with Crippen molar-refractivity contribution in [2.45, 2.75) is 19.8 Å². The van der Waals surface area contributed by atoms with Gasteiger partial charge in [0.05, 0.1) is 11.5 Å². The normalized spacial score (nSPS) is 9.21. The first kappa shape index (κ1) is 12.8. The van der Waals surface area contributed by atoms with Crippen LogP contribution < -0.4 is 16.4 Å². The van der Waals surface area contributed by atoms with Crippen LogP contribution in [0.15, 0.2) is 0 Å². The molecule has 0 saturated carbocycles. The second kappa shape index (κ2) is 7.25. The number of unbranched alkanes of at least 4 members (excludes halogenated alkanes) is 1. The van der Waals surface area contributed by atoms with E-state index in [1.807, 2.05) is 6.92 Å². The lowest BCUT2D eigenvalue weighted by molar-refractivity contribution is -0.139. The molecule has 0 aliphatic rings. The second-order valence-electron chi connectivity index (χ2n) is 2.76. The minimum Gasteiger partial charge on any atom is -0.392 e. The summed E-state index contributed by atoms with van der Waals surface area (Å²) in [6.45, 7) is 2.56. The highest BCUT2D eigenvalue weighted by Crippen LogP contribution is 1.82. The molecule has 0 radical (unpaired) electrons. The third-order valence-electron chi connectivity index (χ3n) is 1.45. The fourth-order valence-electron chi connectivity index (χ4n) is 0.707. The van der Waals surface area contributed by atoms with Gasteiger partial charge >= 0.3 is 11.8 Å². The van der Waals surface area contributed by atoms with E-state index in [1.54, 1.807) is 0 Å². The van der Waals surface area contributed by atoms with E-state index in [-0.39, 0.29) is 11.5 Å². The zero-order valence-electron chi connectivity index (χ0n) is 8.13. The summed E-state index contributed by atoms with van der Waals surface area (Å²) in [6, 6.07) is 0. The Morgan fingerprint density at radius 1 is 1.29 bits per heavy atom. The second-order valence-corrected chi connectivity index (χ2v) is 3.28. The number of rotatable bonds is 5. The molecule has 80 valence electrons. The topological polar surface area (TPSA) is 84.2 Å². The van der Waals surface area contributed by atoms with Crippen LogP contribution in [0.4, 0.5) is 0 Å². The van der Waals surface area contributed by atoms with Crippen molar-refractivity contribution in [3.63, 3.8) is 0 Å². The average Bonchev–Trinajstić information content (AvgIpc) is 2.14. The van der Waals surface area contributed by atoms with E-state index in [0.29, 0.717) is 6.54 Å². The monoisotopic (exact) mass is 217 g/mol. The van der Waals surface area contributed by atoms with Gasteiger partial charge in [-0.2, -0.15) is 0 Å². The van der Waals surface area contributed by atoms with Crippen LogP contribution in [0, 0.1) is 0 Å². The molecule has 5 nitrogen and oxygen atoms in total. The maximum atomic E-state index is 11.0.